The van der Waals surface area contributed by atoms with E-state index in [-0.39, 0.29) is 24.0 Å². The first-order chi connectivity index (χ1) is 9.90. The van der Waals surface area contributed by atoms with Crippen LogP contribution in [0.2, 0.25) is 0 Å². The molecule has 1 atom stereocenters. The van der Waals surface area contributed by atoms with Crippen molar-refractivity contribution in [3.8, 4) is 17.4 Å². The lowest BCUT2D eigenvalue weighted by atomic mass is 9.96. The molecule has 0 saturated heterocycles. The molecule has 0 saturated carbocycles. The van der Waals surface area contributed by atoms with Crippen LogP contribution in [0.3, 0.4) is 0 Å². The highest BCUT2D eigenvalue weighted by atomic mass is 16.4. The molecule has 6 heteroatoms. The number of hydrogen-bond donors (Lipinski definition) is 3. The van der Waals surface area contributed by atoms with E-state index in [1.807, 2.05) is 0 Å². The largest absolute Gasteiger partial charge is 0.494 e. The number of Topliss-reactive ketones (excluding diaryl/α,β-unsaturated/α-hetero) is 1. The highest BCUT2D eigenvalue weighted by molar-refractivity contribution is 5.99. The minimum Gasteiger partial charge on any atom is -0.494 e. The monoisotopic (exact) mass is 289 g/mol. The number of rotatable bonds is 5. The minimum absolute atomic E-state index is 0.120. The summed E-state index contributed by atoms with van der Waals surface area (Å²) in [6.45, 7) is 1.56. The van der Waals surface area contributed by atoms with Gasteiger partial charge in [0.05, 0.1) is 12.1 Å². The molecule has 0 spiro atoms. The molecular formula is C15H15NO5. The lowest BCUT2D eigenvalue weighted by Crippen LogP contribution is -2.15. The molecule has 0 amide bonds. The number of benzene rings is 1. The van der Waals surface area contributed by atoms with Gasteiger partial charge >= 0.3 is 5.97 Å². The van der Waals surface area contributed by atoms with E-state index in [0.717, 1.165) is 0 Å². The van der Waals surface area contributed by atoms with Crippen molar-refractivity contribution < 1.29 is 24.9 Å². The Balaban J connectivity index is 2.23. The normalized spacial score (nSPS) is 12.0. The molecule has 0 radical (unpaired) electrons. The first-order valence-corrected chi connectivity index (χ1v) is 6.36. The van der Waals surface area contributed by atoms with Crippen LogP contribution in [0.15, 0.2) is 36.4 Å². The van der Waals surface area contributed by atoms with E-state index in [4.69, 9.17) is 5.11 Å². The van der Waals surface area contributed by atoms with Crippen molar-refractivity contribution in [1.82, 2.24) is 4.57 Å². The molecule has 1 aromatic heterocycles. The predicted octanol–water partition coefficient (Wildman–Crippen LogP) is 2.18. The summed E-state index contributed by atoms with van der Waals surface area (Å²) in [4.78, 5) is 22.7. The fourth-order valence-corrected chi connectivity index (χ4v) is 2.09. The molecule has 3 N–H and O–H groups in total. The summed E-state index contributed by atoms with van der Waals surface area (Å²) in [7, 11) is 0. The van der Waals surface area contributed by atoms with Gasteiger partial charge in [0.2, 0.25) is 0 Å². The van der Waals surface area contributed by atoms with E-state index in [2.05, 4.69) is 0 Å². The maximum absolute atomic E-state index is 12.0. The average molecular weight is 289 g/mol. The van der Waals surface area contributed by atoms with Crippen LogP contribution in [0.5, 0.6) is 11.8 Å². The van der Waals surface area contributed by atoms with Crippen LogP contribution < -0.4 is 0 Å². The standard InChI is InChI=1S/C15H15NO5/c1-9(8-14(19)20)15(21)10-2-4-11(5-3-10)16-12(17)6-7-13(16)18/h2-7,9,17-18H,8H2,1H3,(H,19,20). The molecule has 0 aliphatic carbocycles. The number of aromatic hydroxyl groups is 2. The molecule has 1 unspecified atom stereocenters. The van der Waals surface area contributed by atoms with Gasteiger partial charge < -0.3 is 15.3 Å². The number of carbonyl (C=O) groups excluding carboxylic acids is 1. The summed E-state index contributed by atoms with van der Waals surface area (Å²) in [6, 6.07) is 8.91. The van der Waals surface area contributed by atoms with Gasteiger partial charge in [-0.2, -0.15) is 0 Å². The van der Waals surface area contributed by atoms with E-state index in [1.54, 1.807) is 19.1 Å². The highest BCUT2D eigenvalue weighted by Gasteiger charge is 2.18. The lowest BCUT2D eigenvalue weighted by Gasteiger charge is -2.10. The van der Waals surface area contributed by atoms with Gasteiger partial charge in [-0.3, -0.25) is 14.2 Å². The maximum atomic E-state index is 12.0. The Hall–Kier alpha value is -2.76. The molecule has 0 bridgehead atoms. The van der Waals surface area contributed by atoms with Crippen LogP contribution in [0.1, 0.15) is 23.7 Å². The van der Waals surface area contributed by atoms with Crippen LogP contribution in [0.25, 0.3) is 5.69 Å². The smallest absolute Gasteiger partial charge is 0.304 e. The van der Waals surface area contributed by atoms with E-state index >= 15 is 0 Å². The van der Waals surface area contributed by atoms with Crippen molar-refractivity contribution in [1.29, 1.82) is 0 Å². The summed E-state index contributed by atoms with van der Waals surface area (Å²) < 4.78 is 1.22. The van der Waals surface area contributed by atoms with Gasteiger partial charge in [0.25, 0.3) is 0 Å². The van der Waals surface area contributed by atoms with Gasteiger partial charge in [0.15, 0.2) is 17.5 Å². The van der Waals surface area contributed by atoms with Gasteiger partial charge in [0.1, 0.15) is 0 Å². The van der Waals surface area contributed by atoms with Gasteiger partial charge in [-0.25, -0.2) is 0 Å². The third-order valence-corrected chi connectivity index (χ3v) is 3.18. The van der Waals surface area contributed by atoms with Gasteiger partial charge in [-0.05, 0) is 24.3 Å². The number of carboxylic acids is 1. The Kier molecular flexibility index (Phi) is 3.98. The molecular weight excluding hydrogens is 274 g/mol. The molecule has 110 valence electrons. The zero-order chi connectivity index (χ0) is 15.6. The number of nitrogens with zero attached hydrogens (tertiary/aromatic N) is 1. The first-order valence-electron chi connectivity index (χ1n) is 6.36. The quantitative estimate of drug-likeness (QED) is 0.733. The zero-order valence-corrected chi connectivity index (χ0v) is 11.4. The number of aliphatic carboxylic acids is 1. The minimum atomic E-state index is -1.02. The average Bonchev–Trinajstić information content (AvgIpc) is 2.77. The number of carboxylic acid groups (broad SMARTS) is 1. The predicted molar refractivity (Wildman–Crippen MR) is 74.8 cm³/mol. The topological polar surface area (TPSA) is 99.8 Å². The summed E-state index contributed by atoms with van der Waals surface area (Å²) >= 11 is 0. The Morgan fingerprint density at radius 2 is 1.57 bits per heavy atom. The van der Waals surface area contributed by atoms with Crippen LogP contribution in [0, 0.1) is 5.92 Å². The third kappa shape index (κ3) is 3.05. The summed E-state index contributed by atoms with van der Waals surface area (Å²) in [5.74, 6) is -2.13. The maximum Gasteiger partial charge on any atom is 0.304 e. The van der Waals surface area contributed by atoms with Crippen LogP contribution in [-0.2, 0) is 4.79 Å². The molecule has 1 heterocycles. The van der Waals surface area contributed by atoms with Gasteiger partial charge in [-0.1, -0.05) is 6.92 Å². The molecule has 6 nitrogen and oxygen atoms in total. The first kappa shape index (κ1) is 14.6. The Bertz CT molecular complexity index is 652. The van der Waals surface area contributed by atoms with Crippen LogP contribution in [-0.4, -0.2) is 31.6 Å². The van der Waals surface area contributed by atoms with E-state index in [0.29, 0.717) is 11.3 Å². The SMILES string of the molecule is CC(CC(=O)O)C(=O)c1ccc(-n2c(O)ccc2O)cc1. The fraction of sp³-hybridized carbons (Fsp3) is 0.200. The lowest BCUT2D eigenvalue weighted by molar-refractivity contribution is -0.137. The molecule has 2 aromatic rings. The van der Waals surface area contributed by atoms with Crippen molar-refractivity contribution in [2.24, 2.45) is 5.92 Å². The van der Waals surface area contributed by atoms with Crippen LogP contribution >= 0.6 is 0 Å². The van der Waals surface area contributed by atoms with Crippen molar-refractivity contribution in [2.75, 3.05) is 0 Å². The van der Waals surface area contributed by atoms with Crippen molar-refractivity contribution in [2.45, 2.75) is 13.3 Å². The molecule has 2 rings (SSSR count). The fourth-order valence-electron chi connectivity index (χ4n) is 2.09. The molecule has 0 aliphatic heterocycles. The van der Waals surface area contributed by atoms with E-state index < -0.39 is 11.9 Å². The second kappa shape index (κ2) is 5.70. The van der Waals surface area contributed by atoms with Gasteiger partial charge in [0, 0.05) is 23.6 Å². The molecule has 0 fully saturated rings. The number of carbonyl (C=O) groups is 2. The number of hydrogen-bond acceptors (Lipinski definition) is 4. The van der Waals surface area contributed by atoms with Gasteiger partial charge in [-0.15, -0.1) is 0 Å². The van der Waals surface area contributed by atoms with Crippen molar-refractivity contribution in [3.63, 3.8) is 0 Å². The van der Waals surface area contributed by atoms with E-state index in [1.165, 1.54) is 28.8 Å². The summed E-state index contributed by atoms with van der Waals surface area (Å²) in [5, 5.41) is 27.9. The highest BCUT2D eigenvalue weighted by Crippen LogP contribution is 2.26. The Morgan fingerprint density at radius 1 is 1.05 bits per heavy atom. The van der Waals surface area contributed by atoms with Crippen LogP contribution in [0.4, 0.5) is 0 Å². The Labute approximate surface area is 120 Å². The summed E-state index contributed by atoms with van der Waals surface area (Å²) in [5.41, 5.74) is 0.885. The second-order valence-electron chi connectivity index (χ2n) is 4.80. The molecule has 21 heavy (non-hydrogen) atoms. The Morgan fingerprint density at radius 3 is 2.05 bits per heavy atom. The molecule has 0 aliphatic rings. The third-order valence-electron chi connectivity index (χ3n) is 3.18. The zero-order valence-electron chi connectivity index (χ0n) is 11.4. The number of aromatic nitrogens is 1. The summed E-state index contributed by atoms with van der Waals surface area (Å²) in [6.07, 6.45) is -0.222. The van der Waals surface area contributed by atoms with Crippen molar-refractivity contribution in [3.05, 3.63) is 42.0 Å². The number of ketones is 1. The van der Waals surface area contributed by atoms with Crippen molar-refractivity contribution >= 4 is 11.8 Å². The molecule has 1 aromatic carbocycles. The second-order valence-corrected chi connectivity index (χ2v) is 4.80. The van der Waals surface area contributed by atoms with E-state index in [9.17, 15) is 19.8 Å².